The van der Waals surface area contributed by atoms with Crippen molar-refractivity contribution in [3.8, 4) is 16.9 Å². The second kappa shape index (κ2) is 7.24. The van der Waals surface area contributed by atoms with Crippen LogP contribution in [0.1, 0.15) is 16.1 Å². The molecule has 0 unspecified atom stereocenters. The van der Waals surface area contributed by atoms with E-state index in [-0.39, 0.29) is 17.2 Å². The molecule has 0 N–H and O–H groups in total. The van der Waals surface area contributed by atoms with Crippen molar-refractivity contribution in [3.63, 3.8) is 0 Å². The van der Waals surface area contributed by atoms with Gasteiger partial charge in [0, 0.05) is 23.3 Å². The maximum absolute atomic E-state index is 13.0. The van der Waals surface area contributed by atoms with Crippen molar-refractivity contribution in [3.05, 3.63) is 106 Å². The number of hydrogen-bond acceptors (Lipinski definition) is 5. The van der Waals surface area contributed by atoms with Gasteiger partial charge in [0.2, 0.25) is 5.78 Å². The average molecular weight is 370 g/mol. The van der Waals surface area contributed by atoms with Crippen LogP contribution < -0.4 is 0 Å². The first-order valence-electron chi connectivity index (χ1n) is 8.51. The fourth-order valence-corrected chi connectivity index (χ4v) is 2.91. The van der Waals surface area contributed by atoms with Gasteiger partial charge in [-0.1, -0.05) is 65.9 Å². The van der Waals surface area contributed by atoms with E-state index in [9.17, 15) is 14.9 Å². The Balaban J connectivity index is 1.87. The minimum absolute atomic E-state index is 0.0225. The Morgan fingerprint density at radius 3 is 2.07 bits per heavy atom. The molecule has 4 rings (SSSR count). The molecule has 0 radical (unpaired) electrons. The molecular formula is C21H14N4O3. The van der Waals surface area contributed by atoms with Crippen LogP contribution in [0.2, 0.25) is 0 Å². The maximum Gasteiger partial charge on any atom is 0.269 e. The van der Waals surface area contributed by atoms with Crippen LogP contribution in [-0.4, -0.2) is 25.7 Å². The molecule has 0 atom stereocenters. The van der Waals surface area contributed by atoms with Crippen molar-refractivity contribution >= 4 is 11.5 Å². The van der Waals surface area contributed by atoms with E-state index in [4.69, 9.17) is 0 Å². The van der Waals surface area contributed by atoms with Crippen LogP contribution in [0, 0.1) is 10.1 Å². The molecule has 7 nitrogen and oxygen atoms in total. The van der Waals surface area contributed by atoms with Crippen molar-refractivity contribution in [1.82, 2.24) is 15.0 Å². The molecular weight excluding hydrogens is 356 g/mol. The maximum atomic E-state index is 13.0. The second-order valence-corrected chi connectivity index (χ2v) is 6.03. The number of benzene rings is 3. The van der Waals surface area contributed by atoms with Crippen LogP contribution >= 0.6 is 0 Å². The molecule has 0 spiro atoms. The summed E-state index contributed by atoms with van der Waals surface area (Å²) in [5.74, 6) is -0.243. The fraction of sp³-hybridized carbons (Fsp3) is 0. The Morgan fingerprint density at radius 1 is 0.857 bits per heavy atom. The van der Waals surface area contributed by atoms with Gasteiger partial charge in [-0.3, -0.25) is 14.9 Å². The molecule has 0 aliphatic carbocycles. The van der Waals surface area contributed by atoms with Gasteiger partial charge in [0.25, 0.3) is 5.69 Å². The van der Waals surface area contributed by atoms with Crippen LogP contribution in [-0.2, 0) is 0 Å². The number of nitrogens with zero attached hydrogens (tertiary/aromatic N) is 4. The van der Waals surface area contributed by atoms with Gasteiger partial charge in [-0.25, -0.2) is 4.68 Å². The van der Waals surface area contributed by atoms with Gasteiger partial charge >= 0.3 is 0 Å². The third-order valence-corrected chi connectivity index (χ3v) is 4.27. The number of nitro groups is 1. The molecule has 1 aromatic heterocycles. The molecule has 0 saturated carbocycles. The molecule has 0 fully saturated rings. The predicted octanol–water partition coefficient (Wildman–Crippen LogP) is 4.07. The van der Waals surface area contributed by atoms with Crippen LogP contribution in [0.15, 0.2) is 84.9 Å². The van der Waals surface area contributed by atoms with E-state index >= 15 is 0 Å². The summed E-state index contributed by atoms with van der Waals surface area (Å²) in [4.78, 5) is 23.5. The minimum atomic E-state index is -0.465. The van der Waals surface area contributed by atoms with E-state index in [0.29, 0.717) is 16.9 Å². The van der Waals surface area contributed by atoms with Crippen molar-refractivity contribution < 1.29 is 9.72 Å². The molecule has 7 heteroatoms. The van der Waals surface area contributed by atoms with Crippen LogP contribution in [0.4, 0.5) is 5.69 Å². The third kappa shape index (κ3) is 3.16. The van der Waals surface area contributed by atoms with Gasteiger partial charge in [0.1, 0.15) is 5.69 Å². The van der Waals surface area contributed by atoms with Crippen molar-refractivity contribution in [1.29, 1.82) is 0 Å². The number of nitro benzene ring substituents is 1. The second-order valence-electron chi connectivity index (χ2n) is 6.03. The summed E-state index contributed by atoms with van der Waals surface area (Å²) in [7, 11) is 0. The Labute approximate surface area is 160 Å². The predicted molar refractivity (Wildman–Crippen MR) is 103 cm³/mol. The Morgan fingerprint density at radius 2 is 1.46 bits per heavy atom. The van der Waals surface area contributed by atoms with Gasteiger partial charge < -0.3 is 0 Å². The quantitative estimate of drug-likeness (QED) is 0.300. The Bertz CT molecular complexity index is 1140. The lowest BCUT2D eigenvalue weighted by Gasteiger charge is -2.08. The zero-order valence-electron chi connectivity index (χ0n) is 14.6. The Hall–Kier alpha value is -4.13. The van der Waals surface area contributed by atoms with E-state index in [1.165, 1.54) is 16.8 Å². The highest BCUT2D eigenvalue weighted by molar-refractivity contribution is 6.11. The number of carbonyl (C=O) groups excluding carboxylic acids is 1. The zero-order chi connectivity index (χ0) is 19.5. The van der Waals surface area contributed by atoms with E-state index in [1.54, 1.807) is 36.4 Å². The summed E-state index contributed by atoms with van der Waals surface area (Å²) in [5, 5.41) is 19.2. The smallest absolute Gasteiger partial charge is 0.269 e. The highest BCUT2D eigenvalue weighted by Gasteiger charge is 2.23. The molecule has 0 bridgehead atoms. The van der Waals surface area contributed by atoms with Gasteiger partial charge in [-0.2, -0.15) is 0 Å². The first kappa shape index (κ1) is 17.3. The van der Waals surface area contributed by atoms with Gasteiger partial charge in [-0.05, 0) is 12.1 Å². The fourth-order valence-electron chi connectivity index (χ4n) is 2.91. The highest BCUT2D eigenvalue weighted by atomic mass is 16.6. The van der Waals surface area contributed by atoms with Gasteiger partial charge in [0.05, 0.1) is 10.6 Å². The summed E-state index contributed by atoms with van der Waals surface area (Å²) < 4.78 is 1.52. The largest absolute Gasteiger partial charge is 0.287 e. The number of aromatic nitrogens is 3. The lowest BCUT2D eigenvalue weighted by molar-refractivity contribution is -0.384. The number of rotatable bonds is 5. The molecule has 0 saturated heterocycles. The van der Waals surface area contributed by atoms with E-state index in [0.717, 1.165) is 5.56 Å². The van der Waals surface area contributed by atoms with Gasteiger partial charge in [0.15, 0.2) is 5.69 Å². The zero-order valence-corrected chi connectivity index (χ0v) is 14.6. The van der Waals surface area contributed by atoms with Crippen LogP contribution in [0.25, 0.3) is 16.9 Å². The van der Waals surface area contributed by atoms with Crippen LogP contribution in [0.5, 0.6) is 0 Å². The topological polar surface area (TPSA) is 90.9 Å². The monoisotopic (exact) mass is 370 g/mol. The summed E-state index contributed by atoms with van der Waals surface area (Å²) in [6.45, 7) is 0. The number of hydrogen-bond donors (Lipinski definition) is 0. The number of carbonyl (C=O) groups is 1. The standard InChI is InChI=1S/C21H14N4O3/c26-21(16-9-5-2-6-10-16)19-20(15-7-3-1-4-8-15)24(23-22-19)17-11-13-18(14-12-17)25(27)28/h1-14H. The molecule has 0 aliphatic rings. The first-order valence-corrected chi connectivity index (χ1v) is 8.51. The molecule has 136 valence electrons. The average Bonchev–Trinajstić information content (AvgIpc) is 3.19. The normalized spacial score (nSPS) is 10.6. The summed E-state index contributed by atoms with van der Waals surface area (Å²) in [6, 6.07) is 24.1. The summed E-state index contributed by atoms with van der Waals surface area (Å²) >= 11 is 0. The molecule has 4 aromatic rings. The van der Waals surface area contributed by atoms with Crippen molar-refractivity contribution in [2.45, 2.75) is 0 Å². The summed E-state index contributed by atoms with van der Waals surface area (Å²) in [6.07, 6.45) is 0. The molecule has 1 heterocycles. The highest BCUT2D eigenvalue weighted by Crippen LogP contribution is 2.27. The molecule has 0 aliphatic heterocycles. The Kier molecular flexibility index (Phi) is 4.47. The molecule has 0 amide bonds. The van der Waals surface area contributed by atoms with E-state index in [1.807, 2.05) is 36.4 Å². The van der Waals surface area contributed by atoms with Crippen molar-refractivity contribution in [2.24, 2.45) is 0 Å². The van der Waals surface area contributed by atoms with Crippen LogP contribution in [0.3, 0.4) is 0 Å². The SMILES string of the molecule is O=C(c1ccccc1)c1nnn(-c2ccc([N+](=O)[O-])cc2)c1-c1ccccc1. The number of non-ortho nitro benzene ring substituents is 1. The lowest BCUT2D eigenvalue weighted by atomic mass is 10.0. The minimum Gasteiger partial charge on any atom is -0.287 e. The molecule has 3 aromatic carbocycles. The summed E-state index contributed by atoms with van der Waals surface area (Å²) in [5.41, 5.74) is 2.58. The number of ketones is 1. The third-order valence-electron chi connectivity index (χ3n) is 4.27. The van der Waals surface area contributed by atoms with E-state index in [2.05, 4.69) is 10.3 Å². The molecule has 28 heavy (non-hydrogen) atoms. The first-order chi connectivity index (χ1) is 13.6. The van der Waals surface area contributed by atoms with Gasteiger partial charge in [-0.15, -0.1) is 5.10 Å². The lowest BCUT2D eigenvalue weighted by Crippen LogP contribution is -2.05. The van der Waals surface area contributed by atoms with Crippen molar-refractivity contribution in [2.75, 3.05) is 0 Å². The van der Waals surface area contributed by atoms with E-state index < -0.39 is 4.92 Å².